The first-order valence-electron chi connectivity index (χ1n) is 14.5. The summed E-state index contributed by atoms with van der Waals surface area (Å²) < 4.78 is 37.6. The molecule has 0 saturated carbocycles. The number of hydrogen-bond donors (Lipinski definition) is 2. The number of hydrogen-bond acceptors (Lipinski definition) is 9. The molecule has 0 atom stereocenters. The predicted octanol–water partition coefficient (Wildman–Crippen LogP) is 6.10. The third-order valence-electron chi connectivity index (χ3n) is 6.94. The summed E-state index contributed by atoms with van der Waals surface area (Å²) in [5.74, 6) is -1.23. The number of aromatic nitrogens is 1. The molecule has 246 valence electrons. The molecule has 3 aromatic carbocycles. The van der Waals surface area contributed by atoms with Gasteiger partial charge in [-0.25, -0.2) is 9.82 Å². The van der Waals surface area contributed by atoms with E-state index >= 15 is 0 Å². The maximum atomic E-state index is 13.4. The molecule has 0 unspecified atom stereocenters. The largest absolute Gasteiger partial charge is 0.493 e. The minimum atomic E-state index is -0.719. The number of amides is 2. The quantitative estimate of drug-likeness (QED) is 0.0874. The Morgan fingerprint density at radius 1 is 1.00 bits per heavy atom. The topological polar surface area (TPSA) is 159 Å². The van der Waals surface area contributed by atoms with Crippen LogP contribution in [0.4, 0.5) is 15.8 Å². The Morgan fingerprint density at radius 2 is 1.75 bits per heavy atom. The lowest BCUT2D eigenvalue weighted by Gasteiger charge is -2.12. The van der Waals surface area contributed by atoms with Gasteiger partial charge in [0.05, 0.1) is 18.2 Å². The Kier molecular flexibility index (Phi) is 10.1. The number of carbonyl (C=O) groups is 2. The fourth-order valence-electron chi connectivity index (χ4n) is 4.74. The van der Waals surface area contributed by atoms with Gasteiger partial charge < -0.3 is 28.5 Å². The molecule has 2 heterocycles. The number of hydrazone groups is 1. The standard InChI is InChI=1S/C34H30FN5O8/c1-21-7-8-22(2)39(21)26-9-11-27(12-10-26)46-19-28-13-14-30(48-28)34(42)38-36-18-23-15-29(40(43)44)33(31(16-23)45-3)47-20-32(41)37-25-6-4-5-24(35)17-25/h4-18H,19-20H2,1-3H3,(H,37,41)(H,38,42)/b36-18+. The van der Waals surface area contributed by atoms with Crippen LogP contribution in [0.1, 0.15) is 33.3 Å². The van der Waals surface area contributed by atoms with E-state index in [4.69, 9.17) is 18.6 Å². The van der Waals surface area contributed by atoms with Gasteiger partial charge in [-0.3, -0.25) is 19.7 Å². The maximum Gasteiger partial charge on any atom is 0.315 e. The number of ether oxygens (including phenoxy) is 3. The van der Waals surface area contributed by atoms with Gasteiger partial charge in [0.2, 0.25) is 5.75 Å². The fourth-order valence-corrected chi connectivity index (χ4v) is 4.74. The highest BCUT2D eigenvalue weighted by atomic mass is 19.1. The number of rotatable bonds is 13. The Balaban J connectivity index is 1.17. The van der Waals surface area contributed by atoms with E-state index in [2.05, 4.69) is 32.5 Å². The van der Waals surface area contributed by atoms with E-state index in [1.54, 1.807) is 6.07 Å². The van der Waals surface area contributed by atoms with Crippen LogP contribution in [0.3, 0.4) is 0 Å². The van der Waals surface area contributed by atoms with E-state index in [1.807, 2.05) is 38.1 Å². The first kappa shape index (κ1) is 32.9. The van der Waals surface area contributed by atoms with Crippen LogP contribution in [-0.4, -0.2) is 41.2 Å². The van der Waals surface area contributed by atoms with Gasteiger partial charge in [0, 0.05) is 34.4 Å². The first-order valence-corrected chi connectivity index (χ1v) is 14.5. The van der Waals surface area contributed by atoms with Crippen molar-refractivity contribution in [2.45, 2.75) is 20.5 Å². The number of nitro groups is 1. The highest BCUT2D eigenvalue weighted by Crippen LogP contribution is 2.38. The van der Waals surface area contributed by atoms with Crippen molar-refractivity contribution in [2.75, 3.05) is 19.0 Å². The van der Waals surface area contributed by atoms with Crippen LogP contribution >= 0.6 is 0 Å². The van der Waals surface area contributed by atoms with E-state index in [9.17, 15) is 24.1 Å². The zero-order chi connectivity index (χ0) is 34.2. The summed E-state index contributed by atoms with van der Waals surface area (Å²) >= 11 is 0. The van der Waals surface area contributed by atoms with Crippen molar-refractivity contribution in [3.05, 3.63) is 129 Å². The van der Waals surface area contributed by atoms with E-state index < -0.39 is 34.8 Å². The van der Waals surface area contributed by atoms with Gasteiger partial charge in [0.15, 0.2) is 18.1 Å². The molecule has 5 aromatic rings. The maximum absolute atomic E-state index is 13.4. The number of nitro benzene ring substituents is 1. The van der Waals surface area contributed by atoms with Gasteiger partial charge >= 0.3 is 11.6 Å². The van der Waals surface area contributed by atoms with Crippen molar-refractivity contribution >= 4 is 29.4 Å². The normalized spacial score (nSPS) is 10.9. The second kappa shape index (κ2) is 14.8. The molecule has 13 nitrogen and oxygen atoms in total. The molecular formula is C34H30FN5O8. The van der Waals surface area contributed by atoms with Crippen molar-refractivity contribution in [3.8, 4) is 22.9 Å². The molecule has 2 aromatic heterocycles. The number of methoxy groups -OCH3 is 1. The summed E-state index contributed by atoms with van der Waals surface area (Å²) in [5, 5.41) is 18.1. The molecule has 0 bridgehead atoms. The Bertz CT molecular complexity index is 1960. The Labute approximate surface area is 273 Å². The summed E-state index contributed by atoms with van der Waals surface area (Å²) in [7, 11) is 1.26. The van der Waals surface area contributed by atoms with Crippen molar-refractivity contribution in [1.29, 1.82) is 0 Å². The number of anilines is 1. The monoisotopic (exact) mass is 655 g/mol. The molecule has 48 heavy (non-hydrogen) atoms. The number of nitrogens with zero attached hydrogens (tertiary/aromatic N) is 3. The smallest absolute Gasteiger partial charge is 0.315 e. The van der Waals surface area contributed by atoms with Crippen LogP contribution in [0.2, 0.25) is 0 Å². The molecular weight excluding hydrogens is 625 g/mol. The molecule has 5 rings (SSSR count). The predicted molar refractivity (Wildman–Crippen MR) is 174 cm³/mol. The van der Waals surface area contributed by atoms with E-state index in [0.717, 1.165) is 29.2 Å². The van der Waals surface area contributed by atoms with Crippen LogP contribution in [-0.2, 0) is 11.4 Å². The van der Waals surface area contributed by atoms with Gasteiger partial charge in [-0.05, 0) is 86.6 Å². The zero-order valence-corrected chi connectivity index (χ0v) is 26.1. The van der Waals surface area contributed by atoms with Crippen LogP contribution in [0.15, 0.2) is 94.4 Å². The zero-order valence-electron chi connectivity index (χ0n) is 26.1. The third kappa shape index (κ3) is 8.04. The molecule has 0 radical (unpaired) electrons. The van der Waals surface area contributed by atoms with Crippen molar-refractivity contribution in [1.82, 2.24) is 9.99 Å². The van der Waals surface area contributed by atoms with Gasteiger partial charge in [0.25, 0.3) is 5.91 Å². The van der Waals surface area contributed by atoms with Crippen LogP contribution in [0.5, 0.6) is 17.2 Å². The van der Waals surface area contributed by atoms with E-state index in [1.165, 1.54) is 43.7 Å². The number of aryl methyl sites for hydroxylation is 2. The van der Waals surface area contributed by atoms with E-state index in [-0.39, 0.29) is 35.1 Å². The van der Waals surface area contributed by atoms with Crippen molar-refractivity contribution < 1.29 is 37.5 Å². The molecule has 0 aliphatic rings. The van der Waals surface area contributed by atoms with Crippen LogP contribution < -0.4 is 25.0 Å². The lowest BCUT2D eigenvalue weighted by molar-refractivity contribution is -0.385. The van der Waals surface area contributed by atoms with Gasteiger partial charge in [-0.1, -0.05) is 6.07 Å². The molecule has 14 heteroatoms. The summed E-state index contributed by atoms with van der Waals surface area (Å²) in [6, 6.07) is 22.5. The highest BCUT2D eigenvalue weighted by Gasteiger charge is 2.23. The lowest BCUT2D eigenvalue weighted by Crippen LogP contribution is -2.20. The average Bonchev–Trinajstić information content (AvgIpc) is 3.68. The van der Waals surface area contributed by atoms with Crippen LogP contribution in [0.25, 0.3) is 5.69 Å². The molecule has 0 saturated heterocycles. The molecule has 2 N–H and O–H groups in total. The minimum Gasteiger partial charge on any atom is -0.493 e. The SMILES string of the molecule is COc1cc(/C=N/NC(=O)c2ccc(COc3ccc(-n4c(C)ccc4C)cc3)o2)cc([N+](=O)[O-])c1OCC(=O)Nc1cccc(F)c1. The molecule has 0 spiro atoms. The van der Waals surface area contributed by atoms with Crippen molar-refractivity contribution in [3.63, 3.8) is 0 Å². The Morgan fingerprint density at radius 3 is 2.44 bits per heavy atom. The van der Waals surface area contributed by atoms with Crippen LogP contribution in [0, 0.1) is 29.8 Å². The number of halogens is 1. The highest BCUT2D eigenvalue weighted by molar-refractivity contribution is 5.93. The lowest BCUT2D eigenvalue weighted by atomic mass is 10.2. The average molecular weight is 656 g/mol. The summed E-state index contributed by atoms with van der Waals surface area (Å²) in [5.41, 5.74) is 5.44. The number of nitrogens with one attached hydrogen (secondary N) is 2. The first-order chi connectivity index (χ1) is 23.1. The second-order valence-electron chi connectivity index (χ2n) is 10.4. The molecule has 0 fully saturated rings. The Hall–Kier alpha value is -6.44. The summed E-state index contributed by atoms with van der Waals surface area (Å²) in [6.45, 7) is 3.54. The molecule has 0 aliphatic carbocycles. The summed E-state index contributed by atoms with van der Waals surface area (Å²) in [6.07, 6.45) is 1.17. The fraction of sp³-hybridized carbons (Fsp3) is 0.147. The number of furan rings is 1. The van der Waals surface area contributed by atoms with E-state index in [0.29, 0.717) is 11.5 Å². The second-order valence-corrected chi connectivity index (χ2v) is 10.4. The van der Waals surface area contributed by atoms with Gasteiger partial charge in [-0.15, -0.1) is 0 Å². The number of benzene rings is 3. The summed E-state index contributed by atoms with van der Waals surface area (Å²) in [4.78, 5) is 36.0. The third-order valence-corrected chi connectivity index (χ3v) is 6.94. The molecule has 0 aliphatic heterocycles. The minimum absolute atomic E-state index is 0.0246. The van der Waals surface area contributed by atoms with Gasteiger partial charge in [0.1, 0.15) is 23.9 Å². The van der Waals surface area contributed by atoms with Crippen molar-refractivity contribution in [2.24, 2.45) is 5.10 Å². The molecule has 2 amide bonds. The van der Waals surface area contributed by atoms with Gasteiger partial charge in [-0.2, -0.15) is 5.10 Å². The number of carbonyl (C=O) groups excluding carboxylic acids is 2.